The maximum atomic E-state index is 12.3. The van der Waals surface area contributed by atoms with Crippen molar-refractivity contribution in [3.63, 3.8) is 0 Å². The summed E-state index contributed by atoms with van der Waals surface area (Å²) < 4.78 is 42.1. The van der Waals surface area contributed by atoms with Gasteiger partial charge in [-0.1, -0.05) is 0 Å². The minimum absolute atomic E-state index is 0.464. The zero-order valence-corrected chi connectivity index (χ0v) is 9.79. The second-order valence-corrected chi connectivity index (χ2v) is 3.56. The van der Waals surface area contributed by atoms with Crippen LogP contribution in [0.15, 0.2) is 24.3 Å². The van der Waals surface area contributed by atoms with E-state index in [4.69, 9.17) is 10.00 Å². The molecule has 0 aromatic heterocycles. The molecule has 18 heavy (non-hydrogen) atoms. The fraction of sp³-hybridized carbons (Fsp3) is 0.417. The molecule has 0 bridgehead atoms. The average Bonchev–Trinajstić information content (AvgIpc) is 2.30. The predicted octanol–water partition coefficient (Wildman–Crippen LogP) is 3.20. The van der Waals surface area contributed by atoms with Crippen molar-refractivity contribution >= 4 is 5.69 Å². The van der Waals surface area contributed by atoms with Crippen molar-refractivity contribution in [1.29, 1.82) is 5.26 Å². The molecular formula is C12H13F3N2O. The van der Waals surface area contributed by atoms with Crippen LogP contribution < -0.4 is 10.1 Å². The predicted molar refractivity (Wildman–Crippen MR) is 61.3 cm³/mol. The van der Waals surface area contributed by atoms with E-state index < -0.39 is 18.6 Å². The third-order valence-electron chi connectivity index (χ3n) is 2.23. The van der Waals surface area contributed by atoms with Gasteiger partial charge in [0, 0.05) is 12.2 Å². The number of hydrogen-bond donors (Lipinski definition) is 1. The van der Waals surface area contributed by atoms with Crippen LogP contribution in [-0.4, -0.2) is 19.3 Å². The highest BCUT2D eigenvalue weighted by atomic mass is 19.4. The molecule has 1 rings (SSSR count). The maximum absolute atomic E-state index is 12.3. The van der Waals surface area contributed by atoms with E-state index >= 15 is 0 Å². The van der Waals surface area contributed by atoms with E-state index in [1.54, 1.807) is 24.3 Å². The molecule has 0 heterocycles. The monoisotopic (exact) mass is 258 g/mol. The van der Waals surface area contributed by atoms with E-state index in [2.05, 4.69) is 5.32 Å². The zero-order valence-electron chi connectivity index (χ0n) is 9.79. The second-order valence-electron chi connectivity index (χ2n) is 3.56. The molecule has 1 aromatic rings. The van der Waals surface area contributed by atoms with Crippen molar-refractivity contribution < 1.29 is 17.9 Å². The molecule has 0 aliphatic carbocycles. The van der Waals surface area contributed by atoms with Crippen molar-refractivity contribution in [3.8, 4) is 11.8 Å². The lowest BCUT2D eigenvalue weighted by Gasteiger charge is -2.14. The van der Waals surface area contributed by atoms with E-state index in [0.717, 1.165) is 0 Å². The summed E-state index contributed by atoms with van der Waals surface area (Å²) in [4.78, 5) is 0. The summed E-state index contributed by atoms with van der Waals surface area (Å²) in [5, 5.41) is 11.0. The SMILES string of the molecule is CCOc1ccc(NCC(C#N)C(F)(F)F)cc1. The summed E-state index contributed by atoms with van der Waals surface area (Å²) >= 11 is 0. The van der Waals surface area contributed by atoms with Crippen molar-refractivity contribution in [3.05, 3.63) is 24.3 Å². The highest BCUT2D eigenvalue weighted by Crippen LogP contribution is 2.26. The Balaban J connectivity index is 2.56. The molecule has 6 heteroatoms. The van der Waals surface area contributed by atoms with Gasteiger partial charge in [0.25, 0.3) is 0 Å². The van der Waals surface area contributed by atoms with Crippen molar-refractivity contribution in [2.75, 3.05) is 18.5 Å². The highest BCUT2D eigenvalue weighted by Gasteiger charge is 2.39. The van der Waals surface area contributed by atoms with Gasteiger partial charge in [-0.05, 0) is 31.2 Å². The molecule has 0 saturated heterocycles. The van der Waals surface area contributed by atoms with Crippen LogP contribution in [0.5, 0.6) is 5.75 Å². The van der Waals surface area contributed by atoms with Gasteiger partial charge in [-0.25, -0.2) is 0 Å². The molecule has 1 N–H and O–H groups in total. The number of nitriles is 1. The van der Waals surface area contributed by atoms with Crippen LogP contribution in [0.2, 0.25) is 0 Å². The van der Waals surface area contributed by atoms with Gasteiger partial charge in [0.05, 0.1) is 12.7 Å². The van der Waals surface area contributed by atoms with Gasteiger partial charge in [-0.2, -0.15) is 18.4 Å². The fourth-order valence-corrected chi connectivity index (χ4v) is 1.29. The Labute approximate surface area is 103 Å². The van der Waals surface area contributed by atoms with Crippen molar-refractivity contribution in [1.82, 2.24) is 0 Å². The zero-order chi connectivity index (χ0) is 13.6. The van der Waals surface area contributed by atoms with Crippen LogP contribution >= 0.6 is 0 Å². The Kier molecular flexibility index (Phi) is 4.84. The lowest BCUT2D eigenvalue weighted by atomic mass is 10.1. The molecule has 0 aliphatic rings. The molecule has 3 nitrogen and oxygen atoms in total. The molecule has 0 fully saturated rings. The minimum atomic E-state index is -4.51. The summed E-state index contributed by atoms with van der Waals surface area (Å²) in [7, 11) is 0. The number of halogens is 3. The molecule has 1 atom stereocenters. The van der Waals surface area contributed by atoms with Crippen LogP contribution in [0, 0.1) is 17.2 Å². The van der Waals surface area contributed by atoms with E-state index in [9.17, 15) is 13.2 Å². The van der Waals surface area contributed by atoms with Crippen LogP contribution in [0.4, 0.5) is 18.9 Å². The molecule has 1 unspecified atom stereocenters. The van der Waals surface area contributed by atoms with E-state index in [0.29, 0.717) is 18.0 Å². The summed E-state index contributed by atoms with van der Waals surface area (Å²) in [6.45, 7) is 1.90. The Morgan fingerprint density at radius 2 is 1.94 bits per heavy atom. The molecule has 98 valence electrons. The van der Waals surface area contributed by atoms with Crippen molar-refractivity contribution in [2.24, 2.45) is 5.92 Å². The summed E-state index contributed by atoms with van der Waals surface area (Å²) in [6, 6.07) is 7.75. The molecule has 0 saturated carbocycles. The van der Waals surface area contributed by atoms with Gasteiger partial charge in [0.1, 0.15) is 5.75 Å². The quantitative estimate of drug-likeness (QED) is 0.882. The van der Waals surface area contributed by atoms with Gasteiger partial charge in [-0.15, -0.1) is 0 Å². The minimum Gasteiger partial charge on any atom is -0.494 e. The first kappa shape index (κ1) is 14.2. The highest BCUT2D eigenvalue weighted by molar-refractivity contribution is 5.46. The number of anilines is 1. The van der Waals surface area contributed by atoms with Gasteiger partial charge in [0.15, 0.2) is 5.92 Å². The van der Waals surface area contributed by atoms with Gasteiger partial charge in [-0.3, -0.25) is 0 Å². The van der Waals surface area contributed by atoms with Crippen LogP contribution in [-0.2, 0) is 0 Å². The number of ether oxygens (including phenoxy) is 1. The first-order chi connectivity index (χ1) is 8.47. The number of nitrogens with one attached hydrogen (secondary N) is 1. The third-order valence-corrected chi connectivity index (χ3v) is 2.23. The Bertz CT molecular complexity index is 409. The Morgan fingerprint density at radius 3 is 2.39 bits per heavy atom. The Morgan fingerprint density at radius 1 is 1.33 bits per heavy atom. The average molecular weight is 258 g/mol. The number of alkyl halides is 3. The lowest BCUT2D eigenvalue weighted by Crippen LogP contribution is -2.28. The van der Waals surface area contributed by atoms with Gasteiger partial charge >= 0.3 is 6.18 Å². The van der Waals surface area contributed by atoms with Crippen molar-refractivity contribution in [2.45, 2.75) is 13.1 Å². The van der Waals surface area contributed by atoms with Crippen LogP contribution in [0.1, 0.15) is 6.92 Å². The maximum Gasteiger partial charge on any atom is 0.406 e. The number of rotatable bonds is 5. The topological polar surface area (TPSA) is 45.0 Å². The molecular weight excluding hydrogens is 245 g/mol. The summed E-state index contributed by atoms with van der Waals surface area (Å²) in [5.41, 5.74) is 0.517. The van der Waals surface area contributed by atoms with E-state index in [-0.39, 0.29) is 0 Å². The Hall–Kier alpha value is -1.90. The summed E-state index contributed by atoms with van der Waals surface area (Å²) in [6.07, 6.45) is -4.51. The normalized spacial score (nSPS) is 12.6. The molecule has 1 aromatic carbocycles. The third kappa shape index (κ3) is 4.17. The standard InChI is InChI=1S/C12H13F3N2O/c1-2-18-11-5-3-10(4-6-11)17-8-9(7-16)12(13,14)15/h3-6,9,17H,2,8H2,1H3. The number of benzene rings is 1. The largest absolute Gasteiger partial charge is 0.494 e. The fourth-order valence-electron chi connectivity index (χ4n) is 1.29. The second kappa shape index (κ2) is 6.15. The molecule has 0 spiro atoms. The van der Waals surface area contributed by atoms with Crippen LogP contribution in [0.25, 0.3) is 0 Å². The van der Waals surface area contributed by atoms with Gasteiger partial charge in [0.2, 0.25) is 0 Å². The van der Waals surface area contributed by atoms with Gasteiger partial charge < -0.3 is 10.1 Å². The lowest BCUT2D eigenvalue weighted by molar-refractivity contribution is -0.155. The first-order valence-electron chi connectivity index (χ1n) is 5.40. The number of nitrogens with zero attached hydrogens (tertiary/aromatic N) is 1. The smallest absolute Gasteiger partial charge is 0.406 e. The molecule has 0 aliphatic heterocycles. The van der Waals surface area contributed by atoms with E-state index in [1.807, 2.05) is 6.92 Å². The molecule has 0 amide bonds. The van der Waals surface area contributed by atoms with E-state index in [1.165, 1.54) is 6.07 Å². The summed E-state index contributed by atoms with van der Waals surface area (Å²) in [5.74, 6) is -1.36. The first-order valence-corrected chi connectivity index (χ1v) is 5.40. The van der Waals surface area contributed by atoms with Crippen LogP contribution in [0.3, 0.4) is 0 Å². The number of hydrogen-bond acceptors (Lipinski definition) is 3. The molecule has 0 radical (unpaired) electrons.